The van der Waals surface area contributed by atoms with Gasteiger partial charge in [-0.25, -0.2) is 13.2 Å². The number of aryl methyl sites for hydroxylation is 1. The van der Waals surface area contributed by atoms with Crippen molar-refractivity contribution in [3.8, 4) is 0 Å². The van der Waals surface area contributed by atoms with Crippen LogP contribution in [0.2, 0.25) is 0 Å². The molecule has 1 spiro atoms. The van der Waals surface area contributed by atoms with Crippen molar-refractivity contribution in [2.45, 2.75) is 37.5 Å². The molecule has 0 N–H and O–H groups in total. The molecule has 1 atom stereocenters. The van der Waals surface area contributed by atoms with Gasteiger partial charge in [0, 0.05) is 13.0 Å². The van der Waals surface area contributed by atoms with E-state index in [4.69, 9.17) is 4.74 Å². The molecule has 1 aliphatic heterocycles. The van der Waals surface area contributed by atoms with E-state index in [9.17, 15) is 18.0 Å². The molecule has 6 nitrogen and oxygen atoms in total. The second-order valence-corrected chi connectivity index (χ2v) is 10.1. The molecule has 31 heavy (non-hydrogen) atoms. The second-order valence-electron chi connectivity index (χ2n) is 8.24. The number of ketones is 1. The summed E-state index contributed by atoms with van der Waals surface area (Å²) in [5.41, 5.74) is 1.15. The zero-order valence-electron chi connectivity index (χ0n) is 17.6. The molecule has 2 aromatic carbocycles. The Balaban J connectivity index is 1.97. The maximum atomic E-state index is 13.8. The first-order chi connectivity index (χ1) is 14.8. The summed E-state index contributed by atoms with van der Waals surface area (Å²) in [7, 11) is -2.75. The van der Waals surface area contributed by atoms with E-state index in [2.05, 4.69) is 0 Å². The largest absolute Gasteiger partial charge is 0.466 e. The number of methoxy groups -OCH3 is 1. The molecule has 0 bridgehead atoms. The zero-order valence-corrected chi connectivity index (χ0v) is 18.4. The summed E-state index contributed by atoms with van der Waals surface area (Å²) >= 11 is 0. The minimum atomic E-state index is -4.02. The van der Waals surface area contributed by atoms with E-state index in [1.807, 2.05) is 13.0 Å². The maximum absolute atomic E-state index is 13.8. The summed E-state index contributed by atoms with van der Waals surface area (Å²) in [5.74, 6) is -0.605. The van der Waals surface area contributed by atoms with Crippen LogP contribution >= 0.6 is 0 Å². The molecular formula is C24H25NO5S. The van der Waals surface area contributed by atoms with Crippen LogP contribution in [0.15, 0.2) is 65.1 Å². The molecule has 0 amide bonds. The molecule has 2 aromatic rings. The summed E-state index contributed by atoms with van der Waals surface area (Å²) in [6.45, 7) is 1.90. The fraction of sp³-hybridized carbons (Fsp3) is 0.333. The Hall–Kier alpha value is -2.93. The van der Waals surface area contributed by atoms with Crippen LogP contribution in [0, 0.1) is 12.3 Å². The summed E-state index contributed by atoms with van der Waals surface area (Å²) in [5, 5.41) is 0. The van der Waals surface area contributed by atoms with E-state index < -0.39 is 21.4 Å². The molecule has 4 rings (SSSR count). The molecule has 0 unspecified atom stereocenters. The van der Waals surface area contributed by atoms with E-state index in [0.29, 0.717) is 30.5 Å². The number of hydrogen-bond donors (Lipinski definition) is 0. The number of esters is 1. The standard InChI is InChI=1S/C24H25NO5S/c1-17-10-12-19(13-11-17)31(28,29)25-16-24(14-6-9-21(24)26)15-20(23(27)30-2)22(25)18-7-4-3-5-8-18/h3-5,7-8,10-13H,6,9,14-16H2,1-2H3/t24-/m1/s1. The van der Waals surface area contributed by atoms with Crippen LogP contribution < -0.4 is 0 Å². The molecule has 0 aromatic heterocycles. The average Bonchev–Trinajstić information content (AvgIpc) is 3.12. The van der Waals surface area contributed by atoms with Gasteiger partial charge in [0.25, 0.3) is 10.0 Å². The van der Waals surface area contributed by atoms with Crippen molar-refractivity contribution >= 4 is 27.5 Å². The molecule has 2 aliphatic rings. The number of carbonyl (C=O) groups is 2. The fourth-order valence-corrected chi connectivity index (χ4v) is 6.19. The number of nitrogens with zero attached hydrogens (tertiary/aromatic N) is 1. The smallest absolute Gasteiger partial charge is 0.335 e. The molecule has 1 fully saturated rings. The lowest BCUT2D eigenvalue weighted by Crippen LogP contribution is -2.47. The van der Waals surface area contributed by atoms with Crippen molar-refractivity contribution in [3.05, 3.63) is 71.3 Å². The summed E-state index contributed by atoms with van der Waals surface area (Å²) in [6.07, 6.45) is 1.82. The minimum Gasteiger partial charge on any atom is -0.466 e. The van der Waals surface area contributed by atoms with Gasteiger partial charge in [-0.15, -0.1) is 0 Å². The van der Waals surface area contributed by atoms with E-state index in [1.165, 1.54) is 11.4 Å². The van der Waals surface area contributed by atoms with Crippen LogP contribution in [0.25, 0.3) is 5.70 Å². The van der Waals surface area contributed by atoms with Crippen LogP contribution in [0.4, 0.5) is 0 Å². The van der Waals surface area contributed by atoms with Crippen LogP contribution in [-0.2, 0) is 24.3 Å². The number of benzene rings is 2. The third kappa shape index (κ3) is 3.67. The van der Waals surface area contributed by atoms with Crippen molar-refractivity contribution in [1.82, 2.24) is 4.31 Å². The Kier molecular flexibility index (Phi) is 5.47. The van der Waals surface area contributed by atoms with Gasteiger partial charge in [-0.3, -0.25) is 9.10 Å². The van der Waals surface area contributed by atoms with Crippen LogP contribution in [0.5, 0.6) is 0 Å². The minimum absolute atomic E-state index is 0.00474. The van der Waals surface area contributed by atoms with Crippen molar-refractivity contribution in [2.75, 3.05) is 13.7 Å². The summed E-state index contributed by atoms with van der Waals surface area (Å²) < 4.78 is 33.9. The van der Waals surface area contributed by atoms with Gasteiger partial charge in [0.05, 0.1) is 28.7 Å². The van der Waals surface area contributed by atoms with E-state index in [0.717, 1.165) is 5.56 Å². The number of Topliss-reactive ketones (excluding diaryl/α,β-unsaturated/α-hetero) is 1. The lowest BCUT2D eigenvalue weighted by atomic mass is 9.75. The van der Waals surface area contributed by atoms with Crippen LogP contribution in [0.3, 0.4) is 0 Å². The summed E-state index contributed by atoms with van der Waals surface area (Å²) in [6, 6.07) is 15.5. The number of rotatable bonds is 4. The summed E-state index contributed by atoms with van der Waals surface area (Å²) in [4.78, 5) is 25.9. The highest BCUT2D eigenvalue weighted by atomic mass is 32.2. The topological polar surface area (TPSA) is 80.8 Å². The Labute approximate surface area is 182 Å². The molecular weight excluding hydrogens is 414 g/mol. The lowest BCUT2D eigenvalue weighted by Gasteiger charge is -2.41. The average molecular weight is 440 g/mol. The monoisotopic (exact) mass is 439 g/mol. The Morgan fingerprint density at radius 3 is 2.32 bits per heavy atom. The van der Waals surface area contributed by atoms with Gasteiger partial charge in [0.1, 0.15) is 5.78 Å². The second kappa shape index (κ2) is 7.96. The number of carbonyl (C=O) groups excluding carboxylic acids is 2. The molecule has 1 heterocycles. The third-order valence-electron chi connectivity index (χ3n) is 6.24. The molecule has 0 saturated heterocycles. The highest BCUT2D eigenvalue weighted by molar-refractivity contribution is 7.89. The first-order valence-electron chi connectivity index (χ1n) is 10.3. The molecule has 162 valence electrons. The normalized spacial score (nSPS) is 21.6. The highest BCUT2D eigenvalue weighted by Gasteiger charge is 2.51. The molecule has 0 radical (unpaired) electrons. The Morgan fingerprint density at radius 1 is 1.06 bits per heavy atom. The van der Waals surface area contributed by atoms with Crippen LogP contribution in [-0.4, -0.2) is 38.1 Å². The van der Waals surface area contributed by atoms with Crippen molar-refractivity contribution in [2.24, 2.45) is 5.41 Å². The van der Waals surface area contributed by atoms with Crippen molar-refractivity contribution in [1.29, 1.82) is 0 Å². The van der Waals surface area contributed by atoms with Gasteiger partial charge in [0.2, 0.25) is 0 Å². The first kappa shape index (κ1) is 21.3. The molecule has 7 heteroatoms. The van der Waals surface area contributed by atoms with E-state index >= 15 is 0 Å². The predicted octanol–water partition coefficient (Wildman–Crippen LogP) is 3.71. The molecule has 1 saturated carbocycles. The van der Waals surface area contributed by atoms with Gasteiger partial charge in [-0.05, 0) is 43.9 Å². The Morgan fingerprint density at radius 2 is 1.74 bits per heavy atom. The van der Waals surface area contributed by atoms with E-state index in [1.54, 1.807) is 48.5 Å². The maximum Gasteiger partial charge on any atom is 0.335 e. The van der Waals surface area contributed by atoms with Gasteiger partial charge < -0.3 is 4.74 Å². The van der Waals surface area contributed by atoms with Gasteiger partial charge >= 0.3 is 5.97 Å². The highest BCUT2D eigenvalue weighted by Crippen LogP contribution is 2.49. The number of hydrogen-bond acceptors (Lipinski definition) is 5. The van der Waals surface area contributed by atoms with Crippen LogP contribution in [0.1, 0.15) is 36.8 Å². The molecule has 1 aliphatic carbocycles. The van der Waals surface area contributed by atoms with Gasteiger partial charge in [-0.2, -0.15) is 0 Å². The van der Waals surface area contributed by atoms with Crippen molar-refractivity contribution in [3.63, 3.8) is 0 Å². The Bertz CT molecular complexity index is 1150. The third-order valence-corrected chi connectivity index (χ3v) is 8.00. The van der Waals surface area contributed by atoms with Gasteiger partial charge in [-0.1, -0.05) is 48.0 Å². The fourth-order valence-electron chi connectivity index (χ4n) is 4.58. The number of sulfonamides is 1. The first-order valence-corrected chi connectivity index (χ1v) is 11.7. The van der Waals surface area contributed by atoms with Gasteiger partial charge in [0.15, 0.2) is 0 Å². The lowest BCUT2D eigenvalue weighted by molar-refractivity contribution is -0.137. The van der Waals surface area contributed by atoms with E-state index in [-0.39, 0.29) is 29.2 Å². The zero-order chi connectivity index (χ0) is 22.2. The van der Waals surface area contributed by atoms with Crippen molar-refractivity contribution < 1.29 is 22.7 Å². The predicted molar refractivity (Wildman–Crippen MR) is 116 cm³/mol. The quantitative estimate of drug-likeness (QED) is 0.679. The number of ether oxygens (including phenoxy) is 1. The SMILES string of the molecule is COC(=O)C1=C(c2ccccc2)N(S(=O)(=O)c2ccc(C)cc2)C[C@@]2(CCCC2=O)C1.